The van der Waals surface area contributed by atoms with Gasteiger partial charge in [-0.2, -0.15) is 0 Å². The molecule has 0 spiro atoms. The Balaban J connectivity index is 2.24. The molecule has 1 aromatic heterocycles. The molecule has 0 unspecified atom stereocenters. The minimum absolute atomic E-state index is 0.137. The number of benzene rings is 1. The van der Waals surface area contributed by atoms with E-state index in [0.29, 0.717) is 23.1 Å². The van der Waals surface area contributed by atoms with E-state index < -0.39 is 0 Å². The minimum atomic E-state index is 0.137. The molecule has 0 saturated heterocycles. The number of halogens is 1. The van der Waals surface area contributed by atoms with Crippen molar-refractivity contribution < 1.29 is 9.47 Å². The van der Waals surface area contributed by atoms with Crippen LogP contribution in [0.5, 0.6) is 11.5 Å². The fraction of sp³-hybridized carbons (Fsp3) is 0.375. The number of hydrogen-bond acceptors (Lipinski definition) is 5. The molecule has 0 aliphatic carbocycles. The molecule has 1 aromatic carbocycles. The van der Waals surface area contributed by atoms with Crippen molar-refractivity contribution in [2.24, 2.45) is 0 Å². The molecule has 5 nitrogen and oxygen atoms in total. The summed E-state index contributed by atoms with van der Waals surface area (Å²) in [5, 5.41) is 0.621. The Kier molecular flexibility index (Phi) is 5.57. The van der Waals surface area contributed by atoms with Crippen LogP contribution < -0.4 is 9.47 Å². The third-order valence-electron chi connectivity index (χ3n) is 3.63. The maximum absolute atomic E-state index is 6.16. The third kappa shape index (κ3) is 3.67. The van der Waals surface area contributed by atoms with E-state index in [-0.39, 0.29) is 6.04 Å². The molecule has 0 aliphatic heterocycles. The predicted molar refractivity (Wildman–Crippen MR) is 86.5 cm³/mol. The summed E-state index contributed by atoms with van der Waals surface area (Å²) < 4.78 is 10.8. The molecule has 118 valence electrons. The summed E-state index contributed by atoms with van der Waals surface area (Å²) in [6.07, 6.45) is 3.30. The van der Waals surface area contributed by atoms with Crippen molar-refractivity contribution in [1.29, 1.82) is 0 Å². The van der Waals surface area contributed by atoms with Gasteiger partial charge in [0.15, 0.2) is 11.5 Å². The van der Waals surface area contributed by atoms with Gasteiger partial charge in [0.2, 0.25) is 0 Å². The van der Waals surface area contributed by atoms with Crippen molar-refractivity contribution in [3.8, 4) is 11.5 Å². The highest BCUT2D eigenvalue weighted by molar-refractivity contribution is 6.30. The van der Waals surface area contributed by atoms with E-state index >= 15 is 0 Å². The third-order valence-corrected chi connectivity index (χ3v) is 3.85. The topological polar surface area (TPSA) is 47.5 Å². The molecular weight excluding hydrogens is 302 g/mol. The Morgan fingerprint density at radius 2 is 2.05 bits per heavy atom. The van der Waals surface area contributed by atoms with E-state index in [2.05, 4.69) is 21.8 Å². The van der Waals surface area contributed by atoms with Crippen LogP contribution in [0.4, 0.5) is 0 Å². The lowest BCUT2D eigenvalue weighted by atomic mass is 10.1. The molecule has 1 heterocycles. The maximum Gasteiger partial charge on any atom is 0.165 e. The number of nitrogens with zero attached hydrogens (tertiary/aromatic N) is 3. The van der Waals surface area contributed by atoms with Crippen molar-refractivity contribution in [1.82, 2.24) is 14.9 Å². The SMILES string of the molecule is COc1cc(Cl)cc(CN(C)[C@H](C)c2ccncn2)c1OC. The minimum Gasteiger partial charge on any atom is -0.493 e. The smallest absolute Gasteiger partial charge is 0.165 e. The molecule has 0 N–H and O–H groups in total. The zero-order chi connectivity index (χ0) is 16.1. The first-order valence-electron chi connectivity index (χ1n) is 6.93. The van der Waals surface area contributed by atoms with Gasteiger partial charge in [-0.3, -0.25) is 4.90 Å². The van der Waals surface area contributed by atoms with Gasteiger partial charge in [-0.1, -0.05) is 11.6 Å². The number of methoxy groups -OCH3 is 2. The molecule has 0 aliphatic rings. The van der Waals surface area contributed by atoms with Crippen LogP contribution in [0.2, 0.25) is 5.02 Å². The maximum atomic E-state index is 6.16. The van der Waals surface area contributed by atoms with Gasteiger partial charge in [0, 0.05) is 35.4 Å². The average molecular weight is 322 g/mol. The van der Waals surface area contributed by atoms with Crippen LogP contribution in [0.15, 0.2) is 30.7 Å². The lowest BCUT2D eigenvalue weighted by molar-refractivity contribution is 0.243. The lowest BCUT2D eigenvalue weighted by Gasteiger charge is -2.25. The summed E-state index contributed by atoms with van der Waals surface area (Å²) in [6, 6.07) is 5.69. The van der Waals surface area contributed by atoms with Gasteiger partial charge in [-0.15, -0.1) is 0 Å². The van der Waals surface area contributed by atoms with Crippen LogP contribution in [0.25, 0.3) is 0 Å². The number of ether oxygens (including phenoxy) is 2. The standard InChI is InChI=1S/C16H20ClN3O2/c1-11(14-5-6-18-10-19-14)20(2)9-12-7-13(17)8-15(21-3)16(12)22-4/h5-8,10-11H,9H2,1-4H3/t11-/m1/s1. The van der Waals surface area contributed by atoms with Crippen LogP contribution >= 0.6 is 11.6 Å². The molecule has 1 atom stereocenters. The normalized spacial score (nSPS) is 12.3. The largest absolute Gasteiger partial charge is 0.493 e. The average Bonchev–Trinajstić information content (AvgIpc) is 2.54. The monoisotopic (exact) mass is 321 g/mol. The van der Waals surface area contributed by atoms with Gasteiger partial charge >= 0.3 is 0 Å². The molecular formula is C16H20ClN3O2. The zero-order valence-corrected chi connectivity index (χ0v) is 14.0. The molecule has 0 fully saturated rings. The van der Waals surface area contributed by atoms with Gasteiger partial charge in [-0.05, 0) is 26.1 Å². The first-order valence-corrected chi connectivity index (χ1v) is 7.31. The zero-order valence-electron chi connectivity index (χ0n) is 13.2. The number of hydrogen-bond donors (Lipinski definition) is 0. The van der Waals surface area contributed by atoms with Crippen molar-refractivity contribution in [2.45, 2.75) is 19.5 Å². The molecule has 2 rings (SSSR count). The van der Waals surface area contributed by atoms with Crippen LogP contribution in [-0.4, -0.2) is 36.1 Å². The highest BCUT2D eigenvalue weighted by Gasteiger charge is 2.18. The van der Waals surface area contributed by atoms with Crippen LogP contribution in [0.1, 0.15) is 24.2 Å². The Morgan fingerprint density at radius 1 is 1.27 bits per heavy atom. The Morgan fingerprint density at radius 3 is 2.64 bits per heavy atom. The molecule has 2 aromatic rings. The van der Waals surface area contributed by atoms with Crippen LogP contribution in [-0.2, 0) is 6.54 Å². The summed E-state index contributed by atoms with van der Waals surface area (Å²) >= 11 is 6.16. The van der Waals surface area contributed by atoms with E-state index in [1.54, 1.807) is 32.8 Å². The summed E-state index contributed by atoms with van der Waals surface area (Å²) in [4.78, 5) is 10.4. The van der Waals surface area contributed by atoms with E-state index in [1.165, 1.54) is 0 Å². The molecule has 0 radical (unpaired) electrons. The van der Waals surface area contributed by atoms with E-state index in [9.17, 15) is 0 Å². The fourth-order valence-electron chi connectivity index (χ4n) is 2.30. The Labute approximate surface area is 135 Å². The molecule has 22 heavy (non-hydrogen) atoms. The lowest BCUT2D eigenvalue weighted by Crippen LogP contribution is -2.23. The van der Waals surface area contributed by atoms with Crippen LogP contribution in [0.3, 0.4) is 0 Å². The molecule has 0 amide bonds. The summed E-state index contributed by atoms with van der Waals surface area (Å²) in [5.41, 5.74) is 1.93. The van der Waals surface area contributed by atoms with E-state index in [1.807, 2.05) is 19.2 Å². The van der Waals surface area contributed by atoms with Crippen molar-refractivity contribution in [2.75, 3.05) is 21.3 Å². The fourth-order valence-corrected chi connectivity index (χ4v) is 2.53. The van der Waals surface area contributed by atoms with E-state index in [0.717, 1.165) is 11.3 Å². The number of aromatic nitrogens is 2. The molecule has 0 bridgehead atoms. The van der Waals surface area contributed by atoms with Crippen molar-refractivity contribution in [3.05, 3.63) is 47.0 Å². The first kappa shape index (κ1) is 16.5. The summed E-state index contributed by atoms with van der Waals surface area (Å²) in [7, 11) is 5.26. The van der Waals surface area contributed by atoms with Crippen molar-refractivity contribution >= 4 is 11.6 Å². The van der Waals surface area contributed by atoms with Gasteiger partial charge in [0.05, 0.1) is 19.9 Å². The Bertz CT molecular complexity index is 622. The first-order chi connectivity index (χ1) is 10.6. The highest BCUT2D eigenvalue weighted by Crippen LogP contribution is 2.35. The molecule has 0 saturated carbocycles. The second kappa shape index (κ2) is 7.42. The van der Waals surface area contributed by atoms with E-state index in [4.69, 9.17) is 21.1 Å². The summed E-state index contributed by atoms with van der Waals surface area (Å²) in [6.45, 7) is 2.75. The number of rotatable bonds is 6. The Hall–Kier alpha value is -1.85. The second-order valence-electron chi connectivity index (χ2n) is 5.03. The van der Waals surface area contributed by atoms with Gasteiger partial charge in [0.25, 0.3) is 0 Å². The molecule has 6 heteroatoms. The van der Waals surface area contributed by atoms with Gasteiger partial charge in [0.1, 0.15) is 6.33 Å². The summed E-state index contributed by atoms with van der Waals surface area (Å²) in [5.74, 6) is 1.33. The van der Waals surface area contributed by atoms with Gasteiger partial charge in [-0.25, -0.2) is 9.97 Å². The van der Waals surface area contributed by atoms with Crippen molar-refractivity contribution in [3.63, 3.8) is 0 Å². The highest BCUT2D eigenvalue weighted by atomic mass is 35.5. The van der Waals surface area contributed by atoms with Crippen LogP contribution in [0, 0.1) is 0 Å². The van der Waals surface area contributed by atoms with Gasteiger partial charge < -0.3 is 9.47 Å². The predicted octanol–water partition coefficient (Wildman–Crippen LogP) is 3.34. The second-order valence-corrected chi connectivity index (χ2v) is 5.46. The quantitative estimate of drug-likeness (QED) is 0.816.